The molecule has 0 unspecified atom stereocenters. The summed E-state index contributed by atoms with van der Waals surface area (Å²) in [4.78, 5) is 0. The van der Waals surface area contributed by atoms with E-state index in [1.54, 1.807) is 6.21 Å². The summed E-state index contributed by atoms with van der Waals surface area (Å²) in [5.74, 6) is 0. The summed E-state index contributed by atoms with van der Waals surface area (Å²) in [7, 11) is 0. The van der Waals surface area contributed by atoms with Crippen molar-refractivity contribution in [2.24, 2.45) is 5.10 Å². The maximum atomic E-state index is 6.18. The van der Waals surface area contributed by atoms with Gasteiger partial charge >= 0.3 is 0 Å². The SMILES string of the molecule is Cc1ccc(NC(=S)N/N=C/c2cccc3ccccc23)c(Cl)c1. The fourth-order valence-electron chi connectivity index (χ4n) is 2.40. The molecule has 3 aromatic carbocycles. The van der Waals surface area contributed by atoms with Crippen molar-refractivity contribution < 1.29 is 0 Å². The third kappa shape index (κ3) is 3.91. The van der Waals surface area contributed by atoms with E-state index >= 15 is 0 Å². The zero-order valence-electron chi connectivity index (χ0n) is 13.1. The topological polar surface area (TPSA) is 36.4 Å². The number of benzene rings is 3. The van der Waals surface area contributed by atoms with Crippen molar-refractivity contribution in [2.75, 3.05) is 5.32 Å². The van der Waals surface area contributed by atoms with E-state index in [4.69, 9.17) is 23.8 Å². The molecule has 3 nitrogen and oxygen atoms in total. The van der Waals surface area contributed by atoms with Gasteiger partial charge in [-0.25, -0.2) is 0 Å². The molecule has 0 aliphatic carbocycles. The lowest BCUT2D eigenvalue weighted by molar-refractivity contribution is 1.05. The summed E-state index contributed by atoms with van der Waals surface area (Å²) in [5.41, 5.74) is 5.69. The molecule has 3 rings (SSSR count). The second-order valence-corrected chi connectivity index (χ2v) is 6.19. The van der Waals surface area contributed by atoms with Gasteiger partial charge in [-0.3, -0.25) is 5.43 Å². The minimum Gasteiger partial charge on any atom is -0.330 e. The average molecular weight is 354 g/mol. The number of nitrogens with one attached hydrogen (secondary N) is 2. The molecule has 0 fully saturated rings. The van der Waals surface area contributed by atoms with Crippen LogP contribution in [0, 0.1) is 6.92 Å². The van der Waals surface area contributed by atoms with Crippen LogP contribution < -0.4 is 10.7 Å². The normalized spacial score (nSPS) is 10.9. The maximum Gasteiger partial charge on any atom is 0.191 e. The molecule has 2 N–H and O–H groups in total. The zero-order chi connectivity index (χ0) is 16.9. The first kappa shape index (κ1) is 16.4. The Labute approximate surface area is 151 Å². The number of anilines is 1. The third-order valence-corrected chi connectivity index (χ3v) is 4.07. The molecule has 120 valence electrons. The Balaban J connectivity index is 1.68. The van der Waals surface area contributed by atoms with Gasteiger partial charge < -0.3 is 5.32 Å². The minimum absolute atomic E-state index is 0.386. The first-order chi connectivity index (χ1) is 11.6. The summed E-state index contributed by atoms with van der Waals surface area (Å²) in [6.07, 6.45) is 1.76. The second kappa shape index (κ2) is 7.43. The zero-order valence-corrected chi connectivity index (χ0v) is 14.7. The number of aryl methyl sites for hydroxylation is 1. The van der Waals surface area contributed by atoms with Crippen molar-refractivity contribution in [1.82, 2.24) is 5.43 Å². The smallest absolute Gasteiger partial charge is 0.191 e. The van der Waals surface area contributed by atoms with Crippen LogP contribution >= 0.6 is 23.8 Å². The summed E-state index contributed by atoms with van der Waals surface area (Å²) in [6.45, 7) is 1.99. The number of fused-ring (bicyclic) bond motifs is 1. The quantitative estimate of drug-likeness (QED) is 0.389. The number of halogens is 1. The summed E-state index contributed by atoms with van der Waals surface area (Å²) in [6, 6.07) is 20.0. The van der Waals surface area contributed by atoms with Crippen LogP contribution in [0.1, 0.15) is 11.1 Å². The Morgan fingerprint density at radius 2 is 1.88 bits per heavy atom. The largest absolute Gasteiger partial charge is 0.330 e. The van der Waals surface area contributed by atoms with Crippen molar-refractivity contribution >= 4 is 51.6 Å². The van der Waals surface area contributed by atoms with Crippen LogP contribution in [0.15, 0.2) is 65.8 Å². The number of nitrogens with zero attached hydrogens (tertiary/aromatic N) is 1. The van der Waals surface area contributed by atoms with E-state index < -0.39 is 0 Å². The molecule has 0 aromatic heterocycles. The summed E-state index contributed by atoms with van der Waals surface area (Å²) in [5, 5.41) is 10.6. The molecule has 0 saturated heterocycles. The number of rotatable bonds is 3. The molecule has 0 bridgehead atoms. The van der Waals surface area contributed by atoms with Gasteiger partial charge in [0.2, 0.25) is 0 Å². The molecule has 3 aromatic rings. The molecule has 5 heteroatoms. The lowest BCUT2D eigenvalue weighted by Crippen LogP contribution is -2.24. The van der Waals surface area contributed by atoms with Crippen LogP contribution in [0.2, 0.25) is 5.02 Å². The molecule has 0 saturated carbocycles. The number of hydrogen-bond donors (Lipinski definition) is 2. The molecular weight excluding hydrogens is 338 g/mol. The van der Waals surface area contributed by atoms with Crippen molar-refractivity contribution in [3.05, 3.63) is 76.8 Å². The van der Waals surface area contributed by atoms with Gasteiger partial charge in [0.15, 0.2) is 5.11 Å². The van der Waals surface area contributed by atoms with Crippen LogP contribution in [0.5, 0.6) is 0 Å². The first-order valence-electron chi connectivity index (χ1n) is 7.47. The van der Waals surface area contributed by atoms with E-state index in [9.17, 15) is 0 Å². The predicted octanol–water partition coefficient (Wildman–Crippen LogP) is 5.12. The average Bonchev–Trinajstić information content (AvgIpc) is 2.58. The lowest BCUT2D eigenvalue weighted by atomic mass is 10.1. The highest BCUT2D eigenvalue weighted by atomic mass is 35.5. The highest BCUT2D eigenvalue weighted by molar-refractivity contribution is 7.80. The van der Waals surface area contributed by atoms with Gasteiger partial charge in [0, 0.05) is 5.56 Å². The van der Waals surface area contributed by atoms with Gasteiger partial charge in [-0.05, 0) is 47.6 Å². The van der Waals surface area contributed by atoms with Crippen molar-refractivity contribution in [3.8, 4) is 0 Å². The Morgan fingerprint density at radius 1 is 1.08 bits per heavy atom. The van der Waals surface area contributed by atoms with E-state index in [0.29, 0.717) is 10.1 Å². The van der Waals surface area contributed by atoms with Gasteiger partial charge in [0.1, 0.15) is 0 Å². The van der Waals surface area contributed by atoms with Gasteiger partial charge in [0.05, 0.1) is 16.9 Å². The van der Waals surface area contributed by atoms with Crippen molar-refractivity contribution in [2.45, 2.75) is 6.92 Å². The van der Waals surface area contributed by atoms with Gasteiger partial charge in [-0.15, -0.1) is 0 Å². The standard InChI is InChI=1S/C19H16ClN3S/c1-13-9-10-18(17(20)11-13)22-19(24)23-21-12-15-7-4-6-14-5-2-3-8-16(14)15/h2-12H,1H3,(H2,22,23,24)/b21-12+. The molecule has 24 heavy (non-hydrogen) atoms. The Hall–Kier alpha value is -2.43. The highest BCUT2D eigenvalue weighted by Gasteiger charge is 2.02. The van der Waals surface area contributed by atoms with Crippen LogP contribution in [-0.4, -0.2) is 11.3 Å². The van der Waals surface area contributed by atoms with Crippen molar-refractivity contribution in [1.29, 1.82) is 0 Å². The molecule has 0 spiro atoms. The third-order valence-electron chi connectivity index (χ3n) is 3.57. The molecule has 0 aliphatic rings. The van der Waals surface area contributed by atoms with E-state index in [-0.39, 0.29) is 0 Å². The van der Waals surface area contributed by atoms with E-state index in [1.807, 2.05) is 49.4 Å². The molecule has 0 aliphatic heterocycles. The van der Waals surface area contributed by atoms with E-state index in [0.717, 1.165) is 22.2 Å². The van der Waals surface area contributed by atoms with E-state index in [1.165, 1.54) is 5.39 Å². The Bertz CT molecular complexity index is 916. The summed E-state index contributed by atoms with van der Waals surface area (Å²) >= 11 is 11.4. The van der Waals surface area contributed by atoms with Gasteiger partial charge in [0.25, 0.3) is 0 Å². The van der Waals surface area contributed by atoms with Gasteiger partial charge in [-0.1, -0.05) is 60.1 Å². The fraction of sp³-hybridized carbons (Fsp3) is 0.0526. The van der Waals surface area contributed by atoms with Crippen molar-refractivity contribution in [3.63, 3.8) is 0 Å². The highest BCUT2D eigenvalue weighted by Crippen LogP contribution is 2.22. The van der Waals surface area contributed by atoms with Crippen LogP contribution in [0.3, 0.4) is 0 Å². The number of hydrogen-bond acceptors (Lipinski definition) is 2. The lowest BCUT2D eigenvalue weighted by Gasteiger charge is -2.09. The predicted molar refractivity (Wildman–Crippen MR) is 107 cm³/mol. The molecule has 0 amide bonds. The van der Waals surface area contributed by atoms with Crippen LogP contribution in [0.25, 0.3) is 10.8 Å². The number of thiocarbonyl (C=S) groups is 1. The van der Waals surface area contributed by atoms with E-state index in [2.05, 4.69) is 34.0 Å². The Kier molecular flexibility index (Phi) is 5.08. The fourth-order valence-corrected chi connectivity index (χ4v) is 2.84. The van der Waals surface area contributed by atoms with Crippen LogP contribution in [-0.2, 0) is 0 Å². The Morgan fingerprint density at radius 3 is 2.71 bits per heavy atom. The first-order valence-corrected chi connectivity index (χ1v) is 8.26. The molecular formula is C19H16ClN3S. The monoisotopic (exact) mass is 353 g/mol. The van der Waals surface area contributed by atoms with Gasteiger partial charge in [-0.2, -0.15) is 5.10 Å². The second-order valence-electron chi connectivity index (χ2n) is 5.38. The minimum atomic E-state index is 0.386. The molecule has 0 radical (unpaired) electrons. The maximum absolute atomic E-state index is 6.18. The molecule has 0 heterocycles. The summed E-state index contributed by atoms with van der Waals surface area (Å²) < 4.78 is 0. The molecule has 0 atom stereocenters. The van der Waals surface area contributed by atoms with Crippen LogP contribution in [0.4, 0.5) is 5.69 Å². The number of hydrazone groups is 1.